The number of allylic oxidation sites excluding steroid dienone is 4. The lowest BCUT2D eigenvalue weighted by Gasteiger charge is -2.26. The lowest BCUT2D eigenvalue weighted by Crippen LogP contribution is -2.12. The molecule has 8 aromatic rings. The van der Waals surface area contributed by atoms with Crippen LogP contribution < -0.4 is 9.80 Å². The number of nitrogens with zero attached hydrogens (tertiary/aromatic N) is 2. The second-order valence-electron chi connectivity index (χ2n) is 16.3. The molecule has 0 saturated carbocycles. The Kier molecular flexibility index (Phi) is 14.1. The minimum Gasteiger partial charge on any atom is -0.311 e. The van der Waals surface area contributed by atoms with E-state index in [0.29, 0.717) is 17.1 Å². The van der Waals surface area contributed by atoms with Gasteiger partial charge in [0.2, 0.25) is 0 Å². The molecule has 0 heterocycles. The topological polar surface area (TPSA) is 6.48 Å². The summed E-state index contributed by atoms with van der Waals surface area (Å²) in [6.07, 6.45) is 6.96. The van der Waals surface area contributed by atoms with Crippen LogP contribution in [0.1, 0.15) is 44.5 Å². The van der Waals surface area contributed by atoms with Crippen molar-refractivity contribution in [3.05, 3.63) is 263 Å². The van der Waals surface area contributed by atoms with Gasteiger partial charge < -0.3 is 9.80 Å². The summed E-state index contributed by atoms with van der Waals surface area (Å²) in [4.78, 5) is 3.88. The fraction of sp³-hybridized carbons (Fsp3) is 0.0667. The van der Waals surface area contributed by atoms with Crippen molar-refractivity contribution in [2.24, 2.45) is 0 Å². The van der Waals surface area contributed by atoms with E-state index in [1.807, 2.05) is 42.5 Å². The smallest absolute Gasteiger partial charge is 0.311 e. The highest BCUT2D eigenvalue weighted by molar-refractivity contribution is 5.79. The number of alkyl halides is 6. The van der Waals surface area contributed by atoms with E-state index in [9.17, 15) is 26.3 Å². The molecule has 0 fully saturated rings. The average molecular weight is 909 g/mol. The molecule has 68 heavy (non-hydrogen) atoms. The van der Waals surface area contributed by atoms with Gasteiger partial charge in [0.25, 0.3) is 0 Å². The van der Waals surface area contributed by atoms with Crippen LogP contribution in [0, 0.1) is 13.8 Å². The molecule has 0 aliphatic rings. The second-order valence-corrected chi connectivity index (χ2v) is 16.3. The highest BCUT2D eigenvalue weighted by Crippen LogP contribution is 2.39. The van der Waals surface area contributed by atoms with Crippen LogP contribution in [0.3, 0.4) is 0 Å². The summed E-state index contributed by atoms with van der Waals surface area (Å²) in [6, 6.07) is 58.7. The van der Waals surface area contributed by atoms with Crippen LogP contribution >= 0.6 is 0 Å². The summed E-state index contributed by atoms with van der Waals surface area (Å²) in [7, 11) is 0. The Morgan fingerprint density at radius 1 is 0.279 bits per heavy atom. The molecule has 0 spiro atoms. The molecule has 0 aliphatic heterocycles. The first-order chi connectivity index (χ1) is 32.8. The van der Waals surface area contributed by atoms with E-state index in [1.54, 1.807) is 17.0 Å². The highest BCUT2D eigenvalue weighted by atomic mass is 19.4. The molecule has 8 heteroatoms. The van der Waals surface area contributed by atoms with Crippen LogP contribution in [0.5, 0.6) is 0 Å². The summed E-state index contributed by atoms with van der Waals surface area (Å²) in [6.45, 7) is 4.20. The third-order valence-corrected chi connectivity index (χ3v) is 11.3. The summed E-state index contributed by atoms with van der Waals surface area (Å²) < 4.78 is 79.8. The largest absolute Gasteiger partial charge is 0.416 e. The first kappa shape index (κ1) is 46.4. The minimum atomic E-state index is -4.53. The maximum Gasteiger partial charge on any atom is 0.416 e. The summed E-state index contributed by atoms with van der Waals surface area (Å²) in [5.74, 6) is 0. The van der Waals surface area contributed by atoms with E-state index < -0.39 is 23.5 Å². The zero-order valence-electron chi connectivity index (χ0n) is 37.3. The third-order valence-electron chi connectivity index (χ3n) is 11.3. The van der Waals surface area contributed by atoms with Gasteiger partial charge in [-0.2, -0.15) is 26.3 Å². The monoisotopic (exact) mass is 908 g/mol. The fourth-order valence-corrected chi connectivity index (χ4v) is 7.59. The molecule has 0 bridgehead atoms. The van der Waals surface area contributed by atoms with Gasteiger partial charge in [0.05, 0.1) is 11.1 Å². The Labute approximate surface area is 393 Å². The molecule has 0 unspecified atom stereocenters. The van der Waals surface area contributed by atoms with E-state index >= 15 is 0 Å². The minimum absolute atomic E-state index is 0.364. The van der Waals surface area contributed by atoms with Gasteiger partial charge in [-0.25, -0.2) is 0 Å². The molecule has 0 aromatic heterocycles. The predicted octanol–water partition coefficient (Wildman–Crippen LogP) is 18.4. The third kappa shape index (κ3) is 11.8. The van der Waals surface area contributed by atoms with Crippen molar-refractivity contribution in [3.63, 3.8) is 0 Å². The molecule has 8 aromatic carbocycles. The molecule has 0 aliphatic carbocycles. The number of hydrogen-bond donors (Lipinski definition) is 0. The van der Waals surface area contributed by atoms with Gasteiger partial charge >= 0.3 is 12.4 Å². The Balaban J connectivity index is 0.861. The quantitative estimate of drug-likeness (QED) is 0.0840. The van der Waals surface area contributed by atoms with E-state index in [4.69, 9.17) is 0 Å². The van der Waals surface area contributed by atoms with Crippen molar-refractivity contribution in [3.8, 4) is 11.1 Å². The van der Waals surface area contributed by atoms with Gasteiger partial charge in [-0.05, 0) is 144 Å². The highest BCUT2D eigenvalue weighted by Gasteiger charge is 2.31. The second kappa shape index (κ2) is 20.6. The maximum atomic E-state index is 13.3. The van der Waals surface area contributed by atoms with Gasteiger partial charge in [0.15, 0.2) is 0 Å². The fourth-order valence-electron chi connectivity index (χ4n) is 7.59. The molecule has 0 radical (unpaired) electrons. The standard InChI is InChI=1S/C60H46F6N2/c1-43-11-31-53(32-12-43)67(54-33-13-44(2)14-34-54)55-35-19-47(20-36-55)9-5-3-7-45-15-23-49(24-16-45)50-25-17-46(18-26-50)8-4-6-10-48-21-37-56(38-22-48)68(57-39-27-51(28-40-57)59(61,62)63)58-41-29-52(30-42-58)60(64,65)66/h3-42H,1-2H3/b7-3+,8-4+,9-5+,10-6+. The van der Waals surface area contributed by atoms with Crippen LogP contribution in [-0.2, 0) is 12.4 Å². The number of anilines is 6. The van der Waals surface area contributed by atoms with Gasteiger partial charge in [-0.15, -0.1) is 0 Å². The summed E-state index contributed by atoms with van der Waals surface area (Å²) >= 11 is 0. The summed E-state index contributed by atoms with van der Waals surface area (Å²) in [5.41, 5.74) is 11.7. The van der Waals surface area contributed by atoms with Crippen molar-refractivity contribution in [2.75, 3.05) is 9.80 Å². The SMILES string of the molecule is Cc1ccc(N(c2ccc(C)cc2)c2ccc(/C=C/C=C/c3ccc(-c4ccc(/C=C/C=C/c5ccc(N(c6ccc(C(F)(F)F)cc6)c6ccc(C(F)(F)F)cc6)cc5)cc4)cc3)cc2)cc1. The summed E-state index contributed by atoms with van der Waals surface area (Å²) in [5, 5.41) is 0. The van der Waals surface area contributed by atoms with E-state index in [-0.39, 0.29) is 0 Å². The van der Waals surface area contributed by atoms with E-state index in [0.717, 1.165) is 74.7 Å². The molecule has 8 rings (SSSR count). The van der Waals surface area contributed by atoms with Gasteiger partial charge in [-0.3, -0.25) is 0 Å². The normalized spacial score (nSPS) is 12.2. The van der Waals surface area contributed by atoms with Crippen molar-refractivity contribution in [1.29, 1.82) is 0 Å². The number of aryl methyl sites for hydroxylation is 2. The molecule has 0 atom stereocenters. The number of hydrogen-bond acceptors (Lipinski definition) is 2. The Hall–Kier alpha value is -8.10. The lowest BCUT2D eigenvalue weighted by atomic mass is 10.0. The molecular weight excluding hydrogens is 863 g/mol. The zero-order chi connectivity index (χ0) is 47.7. The van der Waals surface area contributed by atoms with E-state index in [2.05, 4.69) is 158 Å². The van der Waals surface area contributed by atoms with Gasteiger partial charge in [0, 0.05) is 34.1 Å². The number of rotatable bonds is 13. The molecular formula is C60H46F6N2. The zero-order valence-corrected chi connectivity index (χ0v) is 37.3. The molecule has 2 nitrogen and oxygen atoms in total. The average Bonchev–Trinajstić information content (AvgIpc) is 3.34. The molecule has 338 valence electrons. The lowest BCUT2D eigenvalue weighted by molar-refractivity contribution is -0.138. The molecule has 0 N–H and O–H groups in total. The number of benzene rings is 8. The van der Waals surface area contributed by atoms with Crippen LogP contribution in [0.25, 0.3) is 35.4 Å². The number of halogens is 6. The predicted molar refractivity (Wildman–Crippen MR) is 270 cm³/mol. The Morgan fingerprint density at radius 2 is 0.485 bits per heavy atom. The Bertz CT molecular complexity index is 2910. The maximum absolute atomic E-state index is 13.3. The van der Waals surface area contributed by atoms with Crippen LogP contribution in [0.4, 0.5) is 60.5 Å². The van der Waals surface area contributed by atoms with Crippen LogP contribution in [0.15, 0.2) is 218 Å². The Morgan fingerprint density at radius 3 is 0.721 bits per heavy atom. The first-order valence-corrected chi connectivity index (χ1v) is 22.0. The van der Waals surface area contributed by atoms with Crippen molar-refractivity contribution in [1.82, 2.24) is 0 Å². The van der Waals surface area contributed by atoms with Crippen LogP contribution in [0.2, 0.25) is 0 Å². The first-order valence-electron chi connectivity index (χ1n) is 22.0. The van der Waals surface area contributed by atoms with Crippen LogP contribution in [-0.4, -0.2) is 0 Å². The molecule has 0 saturated heterocycles. The van der Waals surface area contributed by atoms with Crippen molar-refractivity contribution < 1.29 is 26.3 Å². The van der Waals surface area contributed by atoms with Crippen molar-refractivity contribution >= 4 is 58.4 Å². The van der Waals surface area contributed by atoms with Crippen molar-refractivity contribution in [2.45, 2.75) is 26.2 Å². The van der Waals surface area contributed by atoms with E-state index in [1.165, 1.54) is 35.4 Å². The van der Waals surface area contributed by atoms with Gasteiger partial charge in [-0.1, -0.05) is 157 Å². The van der Waals surface area contributed by atoms with Gasteiger partial charge in [0.1, 0.15) is 0 Å². The molecule has 0 amide bonds.